The summed E-state index contributed by atoms with van der Waals surface area (Å²) < 4.78 is 0. The van der Waals surface area contributed by atoms with E-state index in [1.54, 1.807) is 0 Å². The minimum absolute atomic E-state index is 0.0505. The summed E-state index contributed by atoms with van der Waals surface area (Å²) in [6.45, 7) is 2.92. The summed E-state index contributed by atoms with van der Waals surface area (Å²) in [6.07, 6.45) is -0.531. The van der Waals surface area contributed by atoms with Gasteiger partial charge in [0.05, 0.1) is 11.5 Å². The number of carbonyl (C=O) groups is 1. The molecule has 2 atom stereocenters. The summed E-state index contributed by atoms with van der Waals surface area (Å²) in [4.78, 5) is 11.2. The third-order valence-electron chi connectivity index (χ3n) is 3.25. The normalized spacial score (nSPS) is 15.7. The van der Waals surface area contributed by atoms with E-state index in [4.69, 9.17) is 10.5 Å². The molecule has 0 radical (unpaired) electrons. The van der Waals surface area contributed by atoms with Gasteiger partial charge in [0.2, 0.25) is 0 Å². The fraction of sp³-hybridized carbons (Fsp3) is 0.429. The van der Waals surface area contributed by atoms with Crippen LogP contribution in [0.5, 0.6) is 0 Å². The molecule has 1 rings (SSSR count). The van der Waals surface area contributed by atoms with Gasteiger partial charge >= 0.3 is 5.97 Å². The number of aliphatic carboxylic acids is 1. The molecular formula is C14H19NO3. The van der Waals surface area contributed by atoms with E-state index >= 15 is 0 Å². The third kappa shape index (κ3) is 3.40. The van der Waals surface area contributed by atoms with Gasteiger partial charge in [-0.25, -0.2) is 0 Å². The van der Waals surface area contributed by atoms with Crippen molar-refractivity contribution >= 4 is 11.7 Å². The molecule has 0 aliphatic carbocycles. The van der Waals surface area contributed by atoms with E-state index in [2.05, 4.69) is 0 Å². The van der Waals surface area contributed by atoms with Crippen molar-refractivity contribution in [2.75, 3.05) is 0 Å². The van der Waals surface area contributed by atoms with Crippen LogP contribution >= 0.6 is 0 Å². The van der Waals surface area contributed by atoms with Gasteiger partial charge in [0.15, 0.2) is 0 Å². The van der Waals surface area contributed by atoms with E-state index in [1.165, 1.54) is 13.8 Å². The first-order valence-corrected chi connectivity index (χ1v) is 5.88. The maximum absolute atomic E-state index is 11.2. The van der Waals surface area contributed by atoms with Crippen molar-refractivity contribution in [2.24, 2.45) is 5.41 Å². The van der Waals surface area contributed by atoms with Crippen molar-refractivity contribution in [3.63, 3.8) is 0 Å². The van der Waals surface area contributed by atoms with Crippen molar-refractivity contribution in [3.05, 3.63) is 35.9 Å². The van der Waals surface area contributed by atoms with Crippen molar-refractivity contribution in [1.29, 1.82) is 5.41 Å². The van der Waals surface area contributed by atoms with Crippen LogP contribution in [-0.2, 0) is 11.2 Å². The molecule has 0 bridgehead atoms. The average Bonchev–Trinajstić information content (AvgIpc) is 2.29. The van der Waals surface area contributed by atoms with E-state index in [0.717, 1.165) is 5.56 Å². The minimum Gasteiger partial charge on any atom is -0.481 e. The number of aliphatic hydroxyl groups is 1. The average molecular weight is 249 g/mol. The Balaban J connectivity index is 2.72. The second kappa shape index (κ2) is 5.78. The number of hydrogen-bond acceptors (Lipinski definition) is 3. The van der Waals surface area contributed by atoms with Gasteiger partial charge in [0.1, 0.15) is 0 Å². The van der Waals surface area contributed by atoms with Crippen LogP contribution in [0.4, 0.5) is 0 Å². The van der Waals surface area contributed by atoms with Crippen molar-refractivity contribution in [2.45, 2.75) is 32.8 Å². The molecule has 0 saturated carbocycles. The lowest BCUT2D eigenvalue weighted by atomic mass is 9.79. The zero-order valence-electron chi connectivity index (χ0n) is 10.7. The van der Waals surface area contributed by atoms with Crippen LogP contribution in [0.3, 0.4) is 0 Å². The minimum atomic E-state index is -1.30. The Hall–Kier alpha value is -1.68. The van der Waals surface area contributed by atoms with Crippen LogP contribution in [-0.4, -0.2) is 28.0 Å². The van der Waals surface area contributed by atoms with Crippen LogP contribution in [0.1, 0.15) is 25.8 Å². The molecule has 0 aliphatic rings. The first-order valence-electron chi connectivity index (χ1n) is 5.88. The maximum Gasteiger partial charge on any atom is 0.312 e. The SMILES string of the molecule is CC(O)C(C)(CC(=N)Cc1ccccc1)C(=O)O. The summed E-state index contributed by atoms with van der Waals surface area (Å²) in [6, 6.07) is 9.45. The van der Waals surface area contributed by atoms with E-state index in [-0.39, 0.29) is 6.42 Å². The van der Waals surface area contributed by atoms with Crippen LogP contribution < -0.4 is 0 Å². The molecule has 18 heavy (non-hydrogen) atoms. The molecule has 0 spiro atoms. The highest BCUT2D eigenvalue weighted by Gasteiger charge is 2.39. The van der Waals surface area contributed by atoms with Gasteiger partial charge in [-0.05, 0) is 19.4 Å². The van der Waals surface area contributed by atoms with Gasteiger partial charge in [-0.15, -0.1) is 0 Å². The summed E-state index contributed by atoms with van der Waals surface area (Å²) in [5.41, 5.74) is -0.0147. The molecule has 98 valence electrons. The predicted molar refractivity (Wildman–Crippen MR) is 69.9 cm³/mol. The van der Waals surface area contributed by atoms with E-state index in [1.807, 2.05) is 30.3 Å². The van der Waals surface area contributed by atoms with E-state index in [0.29, 0.717) is 12.1 Å². The Labute approximate surface area is 107 Å². The fourth-order valence-corrected chi connectivity index (χ4v) is 1.75. The number of rotatable bonds is 6. The molecule has 3 N–H and O–H groups in total. The molecule has 0 saturated heterocycles. The highest BCUT2D eigenvalue weighted by Crippen LogP contribution is 2.27. The molecule has 0 amide bonds. The van der Waals surface area contributed by atoms with E-state index in [9.17, 15) is 9.90 Å². The highest BCUT2D eigenvalue weighted by atomic mass is 16.4. The molecule has 4 nitrogen and oxygen atoms in total. The van der Waals surface area contributed by atoms with Gasteiger partial charge in [0, 0.05) is 18.6 Å². The van der Waals surface area contributed by atoms with Gasteiger partial charge in [0.25, 0.3) is 0 Å². The lowest BCUT2D eigenvalue weighted by Gasteiger charge is -2.28. The molecule has 1 aromatic carbocycles. The second-order valence-electron chi connectivity index (χ2n) is 4.84. The first-order chi connectivity index (χ1) is 8.36. The fourth-order valence-electron chi connectivity index (χ4n) is 1.75. The van der Waals surface area contributed by atoms with Crippen molar-refractivity contribution < 1.29 is 15.0 Å². The standard InChI is InChI=1S/C14H19NO3/c1-10(16)14(2,13(17)18)9-12(15)8-11-6-4-3-5-7-11/h3-7,10,15-16H,8-9H2,1-2H3,(H,17,18). The van der Waals surface area contributed by atoms with Crippen LogP contribution in [0.25, 0.3) is 0 Å². The zero-order valence-corrected chi connectivity index (χ0v) is 10.7. The molecular weight excluding hydrogens is 230 g/mol. The number of carboxylic acid groups (broad SMARTS) is 1. The maximum atomic E-state index is 11.2. The molecule has 2 unspecified atom stereocenters. The third-order valence-corrected chi connectivity index (χ3v) is 3.25. The summed E-state index contributed by atoms with van der Waals surface area (Å²) in [7, 11) is 0. The Morgan fingerprint density at radius 1 is 1.39 bits per heavy atom. The van der Waals surface area contributed by atoms with Gasteiger partial charge in [-0.2, -0.15) is 0 Å². The number of nitrogens with one attached hydrogen (secondary N) is 1. The van der Waals surface area contributed by atoms with Gasteiger partial charge in [-0.1, -0.05) is 30.3 Å². The van der Waals surface area contributed by atoms with Crippen LogP contribution in [0.15, 0.2) is 30.3 Å². The Morgan fingerprint density at radius 2 is 1.94 bits per heavy atom. The van der Waals surface area contributed by atoms with Crippen LogP contribution in [0.2, 0.25) is 0 Å². The highest BCUT2D eigenvalue weighted by molar-refractivity contribution is 5.89. The lowest BCUT2D eigenvalue weighted by molar-refractivity contribution is -0.153. The Morgan fingerprint density at radius 3 is 2.39 bits per heavy atom. The summed E-state index contributed by atoms with van der Waals surface area (Å²) in [5.74, 6) is -1.07. The molecule has 0 aliphatic heterocycles. The molecule has 0 heterocycles. The molecule has 1 aromatic rings. The summed E-state index contributed by atoms with van der Waals surface area (Å²) >= 11 is 0. The number of benzene rings is 1. The smallest absolute Gasteiger partial charge is 0.312 e. The first kappa shape index (κ1) is 14.4. The Bertz CT molecular complexity index is 428. The number of hydrogen-bond donors (Lipinski definition) is 3. The van der Waals surface area contributed by atoms with Crippen molar-refractivity contribution in [3.8, 4) is 0 Å². The monoisotopic (exact) mass is 249 g/mol. The Kier molecular flexibility index (Phi) is 4.62. The number of carboxylic acids is 1. The predicted octanol–water partition coefficient (Wildman–Crippen LogP) is 2.11. The van der Waals surface area contributed by atoms with E-state index < -0.39 is 17.5 Å². The quantitative estimate of drug-likeness (QED) is 0.675. The molecule has 4 heteroatoms. The zero-order chi connectivity index (χ0) is 13.8. The topological polar surface area (TPSA) is 81.4 Å². The second-order valence-corrected chi connectivity index (χ2v) is 4.84. The lowest BCUT2D eigenvalue weighted by Crippen LogP contribution is -2.40. The van der Waals surface area contributed by atoms with Crippen molar-refractivity contribution in [1.82, 2.24) is 0 Å². The summed E-state index contributed by atoms with van der Waals surface area (Å²) in [5, 5.41) is 26.6. The molecule has 0 fully saturated rings. The van der Waals surface area contributed by atoms with Gasteiger partial charge < -0.3 is 15.6 Å². The molecule has 0 aromatic heterocycles. The van der Waals surface area contributed by atoms with Gasteiger partial charge in [-0.3, -0.25) is 4.79 Å². The number of aliphatic hydroxyl groups excluding tert-OH is 1. The van der Waals surface area contributed by atoms with Crippen LogP contribution in [0, 0.1) is 10.8 Å². The largest absolute Gasteiger partial charge is 0.481 e.